The van der Waals surface area contributed by atoms with Gasteiger partial charge >= 0.3 is 12.1 Å². The zero-order valence-electron chi connectivity index (χ0n) is 18.2. The molecule has 2 aromatic rings. The van der Waals surface area contributed by atoms with Crippen molar-refractivity contribution in [3.05, 3.63) is 71.3 Å². The molecule has 1 aliphatic heterocycles. The molecule has 1 aliphatic carbocycles. The van der Waals surface area contributed by atoms with Crippen LogP contribution in [0.4, 0.5) is 4.79 Å². The number of ether oxygens (including phenoxy) is 1. The molecule has 8 heteroatoms. The fourth-order valence-corrected chi connectivity index (χ4v) is 4.96. The molecule has 0 fully saturated rings. The van der Waals surface area contributed by atoms with Gasteiger partial charge in [-0.1, -0.05) is 54.6 Å². The van der Waals surface area contributed by atoms with E-state index >= 15 is 0 Å². The number of fused-ring (bicyclic) bond motifs is 3. The molecule has 4 rings (SSSR count). The molecule has 0 bridgehead atoms. The van der Waals surface area contributed by atoms with Gasteiger partial charge in [-0.3, -0.25) is 4.79 Å². The minimum absolute atomic E-state index is 0.0235. The number of hydrogen-bond acceptors (Lipinski definition) is 5. The number of aliphatic carboxylic acids is 1. The summed E-state index contributed by atoms with van der Waals surface area (Å²) in [5.41, 5.74) is 5.07. The number of amides is 2. The molecule has 0 spiro atoms. The third-order valence-corrected chi connectivity index (χ3v) is 6.87. The molecular formula is C25H26N2O5S. The van der Waals surface area contributed by atoms with Crippen molar-refractivity contribution in [3.8, 4) is 11.1 Å². The number of alkyl carbamates (subject to hydrolysis) is 1. The van der Waals surface area contributed by atoms with Gasteiger partial charge in [0, 0.05) is 36.9 Å². The van der Waals surface area contributed by atoms with Crippen LogP contribution in [-0.4, -0.2) is 65.7 Å². The lowest BCUT2D eigenvalue weighted by molar-refractivity contribution is -0.134. The number of nitrogens with one attached hydrogen (secondary N) is 1. The first kappa shape index (κ1) is 22.9. The van der Waals surface area contributed by atoms with Crippen LogP contribution in [0.25, 0.3) is 11.1 Å². The van der Waals surface area contributed by atoms with Crippen LogP contribution in [0.2, 0.25) is 0 Å². The van der Waals surface area contributed by atoms with Gasteiger partial charge in [0.25, 0.3) is 0 Å². The molecule has 0 radical (unpaired) electrons. The molecule has 0 unspecified atom stereocenters. The summed E-state index contributed by atoms with van der Waals surface area (Å²) in [4.78, 5) is 37.0. The summed E-state index contributed by atoms with van der Waals surface area (Å²) in [6.45, 7) is 1.43. The highest BCUT2D eigenvalue weighted by Gasteiger charge is 2.29. The topological polar surface area (TPSA) is 95.9 Å². The van der Waals surface area contributed by atoms with Crippen molar-refractivity contribution in [2.75, 3.05) is 37.7 Å². The largest absolute Gasteiger partial charge is 0.478 e. The first-order chi connectivity index (χ1) is 16.0. The van der Waals surface area contributed by atoms with Crippen LogP contribution in [-0.2, 0) is 14.3 Å². The molecule has 2 amide bonds. The number of carboxylic acid groups (broad SMARTS) is 1. The highest BCUT2D eigenvalue weighted by molar-refractivity contribution is 7.99. The SMILES string of the molecule is O=C(NCCSCC(=O)N1CC=C(C(=O)O)CC1)OCC1c2ccccc2-c2ccccc21. The molecule has 2 aliphatic rings. The lowest BCUT2D eigenvalue weighted by Gasteiger charge is -2.25. The van der Waals surface area contributed by atoms with Crippen molar-refractivity contribution in [2.45, 2.75) is 12.3 Å². The van der Waals surface area contributed by atoms with Gasteiger partial charge in [-0.2, -0.15) is 11.8 Å². The Morgan fingerprint density at radius 2 is 1.73 bits per heavy atom. The van der Waals surface area contributed by atoms with E-state index in [0.717, 1.165) is 0 Å². The Morgan fingerprint density at radius 1 is 1.06 bits per heavy atom. The van der Waals surface area contributed by atoms with E-state index in [4.69, 9.17) is 9.84 Å². The Morgan fingerprint density at radius 3 is 2.33 bits per heavy atom. The number of benzene rings is 2. The van der Waals surface area contributed by atoms with Crippen molar-refractivity contribution in [2.24, 2.45) is 0 Å². The van der Waals surface area contributed by atoms with Crippen LogP contribution in [0.3, 0.4) is 0 Å². The number of carboxylic acids is 1. The molecule has 33 heavy (non-hydrogen) atoms. The van der Waals surface area contributed by atoms with Gasteiger partial charge in [-0.15, -0.1) is 0 Å². The van der Waals surface area contributed by atoms with E-state index in [0.29, 0.717) is 43.1 Å². The van der Waals surface area contributed by atoms with E-state index in [1.807, 2.05) is 24.3 Å². The van der Waals surface area contributed by atoms with Gasteiger partial charge in [0.1, 0.15) is 6.61 Å². The van der Waals surface area contributed by atoms with Gasteiger partial charge in [-0.25, -0.2) is 9.59 Å². The summed E-state index contributed by atoms with van der Waals surface area (Å²) in [5, 5.41) is 11.7. The molecule has 0 saturated carbocycles. The quantitative estimate of drug-likeness (QED) is 0.578. The van der Waals surface area contributed by atoms with Gasteiger partial charge < -0.3 is 20.1 Å². The first-order valence-corrected chi connectivity index (χ1v) is 12.1. The maximum Gasteiger partial charge on any atom is 0.407 e. The average molecular weight is 467 g/mol. The second kappa shape index (κ2) is 10.6. The number of hydrogen-bond donors (Lipinski definition) is 2. The number of carbonyl (C=O) groups is 3. The number of nitrogens with zero attached hydrogens (tertiary/aromatic N) is 1. The van der Waals surface area contributed by atoms with Crippen molar-refractivity contribution in [1.82, 2.24) is 10.2 Å². The minimum atomic E-state index is -0.921. The second-order valence-corrected chi connectivity index (χ2v) is 9.03. The highest BCUT2D eigenvalue weighted by atomic mass is 32.2. The zero-order valence-corrected chi connectivity index (χ0v) is 19.0. The van der Waals surface area contributed by atoms with Gasteiger partial charge in [-0.05, 0) is 28.7 Å². The van der Waals surface area contributed by atoms with Crippen LogP contribution in [0.15, 0.2) is 60.2 Å². The molecule has 0 atom stereocenters. The summed E-state index contributed by atoms with van der Waals surface area (Å²) in [6, 6.07) is 16.4. The Bertz CT molecular complexity index is 1040. The van der Waals surface area contributed by atoms with Crippen molar-refractivity contribution in [1.29, 1.82) is 0 Å². The summed E-state index contributed by atoms with van der Waals surface area (Å²) in [7, 11) is 0. The highest BCUT2D eigenvalue weighted by Crippen LogP contribution is 2.44. The molecular weight excluding hydrogens is 440 g/mol. The zero-order chi connectivity index (χ0) is 23.2. The predicted octanol–water partition coefficient (Wildman–Crippen LogP) is 3.50. The molecule has 2 aromatic carbocycles. The third kappa shape index (κ3) is 5.39. The molecule has 172 valence electrons. The minimum Gasteiger partial charge on any atom is -0.478 e. The normalized spacial score (nSPS) is 14.8. The summed E-state index contributed by atoms with van der Waals surface area (Å²) >= 11 is 1.43. The average Bonchev–Trinajstić information content (AvgIpc) is 3.16. The van der Waals surface area contributed by atoms with E-state index in [9.17, 15) is 14.4 Å². The number of thioether (sulfide) groups is 1. The summed E-state index contributed by atoms with van der Waals surface area (Å²) in [6.07, 6.45) is 1.49. The van der Waals surface area contributed by atoms with Crippen LogP contribution in [0.5, 0.6) is 0 Å². The van der Waals surface area contributed by atoms with Crippen molar-refractivity contribution >= 4 is 29.7 Å². The fourth-order valence-electron chi connectivity index (χ4n) is 4.22. The van der Waals surface area contributed by atoms with Gasteiger partial charge in [0.05, 0.1) is 5.75 Å². The smallest absolute Gasteiger partial charge is 0.407 e. The number of rotatable bonds is 8. The molecule has 7 nitrogen and oxygen atoms in total. The van der Waals surface area contributed by atoms with Crippen LogP contribution in [0.1, 0.15) is 23.5 Å². The molecule has 0 saturated heterocycles. The molecule has 1 heterocycles. The molecule has 2 N–H and O–H groups in total. The summed E-state index contributed by atoms with van der Waals surface area (Å²) in [5.74, 6) is -0.0456. The van der Waals surface area contributed by atoms with Crippen LogP contribution in [0, 0.1) is 0 Å². The Labute approximate surface area is 196 Å². The maximum atomic E-state index is 12.2. The fraction of sp³-hybridized carbons (Fsp3) is 0.320. The lowest BCUT2D eigenvalue weighted by atomic mass is 9.98. The van der Waals surface area contributed by atoms with E-state index in [1.54, 1.807) is 11.0 Å². The first-order valence-electron chi connectivity index (χ1n) is 10.9. The van der Waals surface area contributed by atoms with Gasteiger partial charge in [0.15, 0.2) is 0 Å². The van der Waals surface area contributed by atoms with Gasteiger partial charge in [0.2, 0.25) is 5.91 Å². The Kier molecular flexibility index (Phi) is 7.34. The molecule has 0 aromatic heterocycles. The van der Waals surface area contributed by atoms with E-state index in [1.165, 1.54) is 34.0 Å². The third-order valence-electron chi connectivity index (χ3n) is 5.92. The lowest BCUT2D eigenvalue weighted by Crippen LogP contribution is -2.37. The van der Waals surface area contributed by atoms with E-state index in [2.05, 4.69) is 29.6 Å². The standard InChI is InChI=1S/C25H26N2O5S/c28-23(27-12-9-17(10-13-27)24(29)30)16-33-14-11-26-25(31)32-15-22-20-7-3-1-5-18(20)19-6-2-4-8-21(19)22/h1-9,22H,10-16H2,(H,26,31)(H,29,30). The van der Waals surface area contributed by atoms with E-state index < -0.39 is 12.1 Å². The van der Waals surface area contributed by atoms with Crippen molar-refractivity contribution in [3.63, 3.8) is 0 Å². The van der Waals surface area contributed by atoms with E-state index in [-0.39, 0.29) is 18.4 Å². The Hall–Kier alpha value is -3.26. The monoisotopic (exact) mass is 466 g/mol. The van der Waals surface area contributed by atoms with Crippen LogP contribution >= 0.6 is 11.8 Å². The summed E-state index contributed by atoms with van der Waals surface area (Å²) < 4.78 is 5.50. The maximum absolute atomic E-state index is 12.2. The van der Waals surface area contributed by atoms with Crippen LogP contribution < -0.4 is 5.32 Å². The number of carbonyl (C=O) groups excluding carboxylic acids is 2. The second-order valence-electron chi connectivity index (χ2n) is 7.93. The Balaban J connectivity index is 1.16. The van der Waals surface area contributed by atoms with Crippen molar-refractivity contribution < 1.29 is 24.2 Å². The predicted molar refractivity (Wildman–Crippen MR) is 127 cm³/mol.